The number of nitrogens with two attached hydrogens (primary N) is 1. The zero-order valence-electron chi connectivity index (χ0n) is 11.4. The lowest BCUT2D eigenvalue weighted by Crippen LogP contribution is -2.36. The number of amides is 2. The molecule has 1 aromatic rings. The monoisotopic (exact) mass is 293 g/mol. The van der Waals surface area contributed by atoms with E-state index in [4.69, 9.17) is 17.3 Å². The van der Waals surface area contributed by atoms with E-state index in [9.17, 15) is 9.59 Å². The summed E-state index contributed by atoms with van der Waals surface area (Å²) < 4.78 is 0. The van der Waals surface area contributed by atoms with Gasteiger partial charge in [0.15, 0.2) is 0 Å². The number of nitrogens with one attached hydrogen (secondary N) is 1. The molecule has 5 nitrogen and oxygen atoms in total. The number of halogens is 1. The van der Waals surface area contributed by atoms with E-state index in [0.717, 1.165) is 0 Å². The fraction of sp³-hybridized carbons (Fsp3) is 0.286. The number of benzene rings is 1. The van der Waals surface area contributed by atoms with E-state index in [2.05, 4.69) is 17.2 Å². The number of carbonyl (C=O) groups excluding carboxylic acids is 2. The highest BCUT2D eigenvalue weighted by atomic mass is 35.5. The maximum atomic E-state index is 11.9. The first-order chi connectivity index (χ1) is 9.45. The van der Waals surface area contributed by atoms with E-state index in [0.29, 0.717) is 16.1 Å². The second-order valence-electron chi connectivity index (χ2n) is 4.17. The molecule has 0 aliphatic carbocycles. The van der Waals surface area contributed by atoms with Gasteiger partial charge in [-0.3, -0.25) is 9.59 Å². The summed E-state index contributed by atoms with van der Waals surface area (Å²) >= 11 is 6.02. The van der Waals surface area contributed by atoms with Crippen LogP contribution in [0.3, 0.4) is 0 Å². The molecule has 0 saturated carbocycles. The lowest BCUT2D eigenvalue weighted by molar-refractivity contribution is -0.127. The van der Waals surface area contributed by atoms with E-state index in [1.165, 1.54) is 11.0 Å². The molecule has 6 heteroatoms. The van der Waals surface area contributed by atoms with Crippen molar-refractivity contribution in [1.29, 1.82) is 0 Å². The molecule has 0 radical (unpaired) electrons. The highest BCUT2D eigenvalue weighted by Crippen LogP contribution is 2.16. The van der Waals surface area contributed by atoms with Gasteiger partial charge in [0.25, 0.3) is 5.91 Å². The van der Waals surface area contributed by atoms with Gasteiger partial charge in [0.1, 0.15) is 0 Å². The van der Waals surface area contributed by atoms with Crippen LogP contribution in [0.5, 0.6) is 0 Å². The molecule has 0 bridgehead atoms. The number of nitrogens with zero attached hydrogens (tertiary/aromatic N) is 1. The minimum absolute atomic E-state index is 0.0574. The van der Waals surface area contributed by atoms with Crippen LogP contribution in [0.25, 0.3) is 0 Å². The fourth-order valence-electron chi connectivity index (χ4n) is 1.32. The first-order valence-electron chi connectivity index (χ1n) is 5.92. The molecular weight excluding hydrogens is 278 g/mol. The summed E-state index contributed by atoms with van der Waals surface area (Å²) in [6, 6.07) is 4.76. The van der Waals surface area contributed by atoms with E-state index in [1.54, 1.807) is 26.2 Å². The third-order valence-corrected chi connectivity index (χ3v) is 2.77. The summed E-state index contributed by atoms with van der Waals surface area (Å²) in [5.41, 5.74) is 6.26. The molecule has 3 N–H and O–H groups in total. The van der Waals surface area contributed by atoms with E-state index in [-0.39, 0.29) is 24.9 Å². The molecule has 0 atom stereocenters. The number of hydrogen-bond donors (Lipinski definition) is 2. The zero-order valence-corrected chi connectivity index (χ0v) is 12.1. The summed E-state index contributed by atoms with van der Waals surface area (Å²) in [6.45, 7) is 0.184. The van der Waals surface area contributed by atoms with Crippen molar-refractivity contribution in [2.45, 2.75) is 0 Å². The van der Waals surface area contributed by atoms with Gasteiger partial charge < -0.3 is 16.0 Å². The smallest absolute Gasteiger partial charge is 0.251 e. The minimum Gasteiger partial charge on any atom is -0.347 e. The third-order valence-electron chi connectivity index (χ3n) is 2.46. The predicted molar refractivity (Wildman–Crippen MR) is 78.4 cm³/mol. The molecule has 20 heavy (non-hydrogen) atoms. The molecule has 0 aromatic heterocycles. The van der Waals surface area contributed by atoms with Gasteiger partial charge in [-0.2, -0.15) is 0 Å². The van der Waals surface area contributed by atoms with Gasteiger partial charge in [-0.25, -0.2) is 0 Å². The Kier molecular flexibility index (Phi) is 6.04. The number of carbonyl (C=O) groups is 2. The van der Waals surface area contributed by atoms with Crippen molar-refractivity contribution in [2.24, 2.45) is 5.73 Å². The molecule has 0 spiro atoms. The quantitative estimate of drug-likeness (QED) is 0.796. The summed E-state index contributed by atoms with van der Waals surface area (Å²) in [4.78, 5) is 24.6. The molecule has 0 fully saturated rings. The third kappa shape index (κ3) is 4.57. The second-order valence-corrected chi connectivity index (χ2v) is 4.58. The zero-order chi connectivity index (χ0) is 15.1. The van der Waals surface area contributed by atoms with Crippen LogP contribution in [0.15, 0.2) is 18.2 Å². The van der Waals surface area contributed by atoms with Crippen molar-refractivity contribution in [3.8, 4) is 11.8 Å². The summed E-state index contributed by atoms with van der Waals surface area (Å²) in [7, 11) is 3.24. The fourth-order valence-corrected chi connectivity index (χ4v) is 1.55. The molecular formula is C14H16ClN3O2. The highest BCUT2D eigenvalue weighted by molar-refractivity contribution is 6.32. The van der Waals surface area contributed by atoms with E-state index in [1.807, 2.05) is 0 Å². The normalized spacial score (nSPS) is 9.40. The standard InChI is InChI=1S/C14H16ClN3O2/c1-18(2)13(19)9-17-14(20)11-6-5-10(4-3-7-16)12(15)8-11/h5-6,8H,7,9,16H2,1-2H3,(H,17,20). The highest BCUT2D eigenvalue weighted by Gasteiger charge is 2.10. The summed E-state index contributed by atoms with van der Waals surface area (Å²) in [5, 5.41) is 2.90. The van der Waals surface area contributed by atoms with Crippen molar-refractivity contribution in [1.82, 2.24) is 10.2 Å². The van der Waals surface area contributed by atoms with Crippen molar-refractivity contribution in [2.75, 3.05) is 27.2 Å². The minimum atomic E-state index is -0.361. The van der Waals surface area contributed by atoms with Crippen molar-refractivity contribution in [3.05, 3.63) is 34.3 Å². The Bertz CT molecular complexity index is 574. The number of rotatable bonds is 3. The van der Waals surface area contributed by atoms with Gasteiger partial charge in [-0.1, -0.05) is 23.4 Å². The average molecular weight is 294 g/mol. The van der Waals surface area contributed by atoms with Gasteiger partial charge in [0.05, 0.1) is 18.1 Å². The Morgan fingerprint density at radius 2 is 2.10 bits per heavy atom. The largest absolute Gasteiger partial charge is 0.347 e. The van der Waals surface area contributed by atoms with Crippen LogP contribution in [-0.4, -0.2) is 43.9 Å². The Labute approximate surface area is 123 Å². The maximum absolute atomic E-state index is 11.9. The van der Waals surface area contributed by atoms with Gasteiger partial charge in [0, 0.05) is 25.2 Å². The van der Waals surface area contributed by atoms with Gasteiger partial charge in [-0.05, 0) is 18.2 Å². The van der Waals surface area contributed by atoms with E-state index >= 15 is 0 Å². The molecule has 0 saturated heterocycles. The first-order valence-corrected chi connectivity index (χ1v) is 6.30. The Hall–Kier alpha value is -2.03. The Morgan fingerprint density at radius 3 is 2.65 bits per heavy atom. The SMILES string of the molecule is CN(C)C(=O)CNC(=O)c1ccc(C#CCN)c(Cl)c1. The second kappa shape index (κ2) is 7.53. The molecule has 1 aromatic carbocycles. The Morgan fingerprint density at radius 1 is 1.40 bits per heavy atom. The lowest BCUT2D eigenvalue weighted by Gasteiger charge is -2.11. The van der Waals surface area contributed by atoms with Crippen molar-refractivity contribution in [3.63, 3.8) is 0 Å². The van der Waals surface area contributed by atoms with Crippen LogP contribution in [0.4, 0.5) is 0 Å². The van der Waals surface area contributed by atoms with Crippen LogP contribution in [0.2, 0.25) is 5.02 Å². The van der Waals surface area contributed by atoms with Gasteiger partial charge in [0.2, 0.25) is 5.91 Å². The van der Waals surface area contributed by atoms with Crippen LogP contribution >= 0.6 is 11.6 Å². The topological polar surface area (TPSA) is 75.4 Å². The molecule has 106 valence electrons. The summed E-state index contributed by atoms with van der Waals surface area (Å²) in [5.74, 6) is 4.95. The van der Waals surface area contributed by atoms with E-state index < -0.39 is 0 Å². The van der Waals surface area contributed by atoms with Crippen LogP contribution in [0.1, 0.15) is 15.9 Å². The van der Waals surface area contributed by atoms with Gasteiger partial charge >= 0.3 is 0 Å². The van der Waals surface area contributed by atoms with Crippen LogP contribution in [-0.2, 0) is 4.79 Å². The number of likely N-dealkylation sites (N-methyl/N-ethyl adjacent to an activating group) is 1. The van der Waals surface area contributed by atoms with Crippen LogP contribution < -0.4 is 11.1 Å². The average Bonchev–Trinajstić information content (AvgIpc) is 2.42. The molecule has 0 unspecified atom stereocenters. The van der Waals surface area contributed by atoms with Crippen molar-refractivity contribution >= 4 is 23.4 Å². The number of hydrogen-bond acceptors (Lipinski definition) is 3. The molecule has 0 aliphatic rings. The van der Waals surface area contributed by atoms with Crippen molar-refractivity contribution < 1.29 is 9.59 Å². The maximum Gasteiger partial charge on any atom is 0.251 e. The molecule has 1 rings (SSSR count). The first kappa shape index (κ1) is 16.0. The van der Waals surface area contributed by atoms with Gasteiger partial charge in [-0.15, -0.1) is 0 Å². The van der Waals surface area contributed by atoms with Crippen LogP contribution in [0, 0.1) is 11.8 Å². The Balaban J connectivity index is 2.75. The lowest BCUT2D eigenvalue weighted by atomic mass is 10.1. The molecule has 0 heterocycles. The molecule has 2 amide bonds. The molecule has 0 aliphatic heterocycles. The predicted octanol–water partition coefficient (Wildman–Crippen LogP) is 0.468. The summed E-state index contributed by atoms with van der Waals surface area (Å²) in [6.07, 6.45) is 0.